The zero-order chi connectivity index (χ0) is 7.87. The van der Waals surface area contributed by atoms with Gasteiger partial charge in [0.25, 0.3) is 0 Å². The quantitative estimate of drug-likeness (QED) is 0.419. The summed E-state index contributed by atoms with van der Waals surface area (Å²) < 4.78 is 5.45. The van der Waals surface area contributed by atoms with Crippen molar-refractivity contribution in [3.63, 3.8) is 0 Å². The fourth-order valence-electron chi connectivity index (χ4n) is 3.78. The van der Waals surface area contributed by atoms with Crippen molar-refractivity contribution >= 4 is 0 Å². The molecule has 12 heavy (non-hydrogen) atoms. The number of allylic oxidation sites excluding steroid dienone is 2. The van der Waals surface area contributed by atoms with Crippen LogP contribution in [0.2, 0.25) is 0 Å². The maximum atomic E-state index is 9.87. The Kier molecular flexibility index (Phi) is 0.840. The van der Waals surface area contributed by atoms with Gasteiger partial charge in [-0.25, -0.2) is 0 Å². The average molecular weight is 164 g/mol. The van der Waals surface area contributed by atoms with Gasteiger partial charge in [0.05, 0.1) is 12.2 Å². The van der Waals surface area contributed by atoms with E-state index < -0.39 is 0 Å². The molecule has 2 bridgehead atoms. The summed E-state index contributed by atoms with van der Waals surface area (Å²) in [5, 5.41) is 9.87. The predicted octanol–water partition coefficient (Wildman–Crippen LogP) is 0.567. The fourth-order valence-corrected chi connectivity index (χ4v) is 3.78. The molecule has 1 N–H and O–H groups in total. The second-order valence-corrected chi connectivity index (χ2v) is 4.66. The van der Waals surface area contributed by atoms with E-state index in [1.165, 1.54) is 6.42 Å². The van der Waals surface area contributed by atoms with Crippen LogP contribution in [0.1, 0.15) is 6.42 Å². The highest BCUT2D eigenvalue weighted by atomic mass is 16.6. The van der Waals surface area contributed by atoms with E-state index in [0.717, 1.165) is 5.92 Å². The van der Waals surface area contributed by atoms with Gasteiger partial charge in [0, 0.05) is 0 Å². The van der Waals surface area contributed by atoms with Crippen LogP contribution in [-0.2, 0) is 4.74 Å². The van der Waals surface area contributed by atoms with Crippen molar-refractivity contribution < 1.29 is 9.84 Å². The van der Waals surface area contributed by atoms with Gasteiger partial charge in [-0.15, -0.1) is 0 Å². The van der Waals surface area contributed by atoms with Gasteiger partial charge in [-0.2, -0.15) is 0 Å². The highest BCUT2D eigenvalue weighted by molar-refractivity contribution is 5.24. The van der Waals surface area contributed by atoms with E-state index in [2.05, 4.69) is 12.2 Å². The van der Waals surface area contributed by atoms with Crippen LogP contribution in [-0.4, -0.2) is 23.4 Å². The van der Waals surface area contributed by atoms with E-state index in [4.69, 9.17) is 4.74 Å². The highest BCUT2D eigenvalue weighted by Crippen LogP contribution is 2.61. The van der Waals surface area contributed by atoms with Crippen molar-refractivity contribution in [1.29, 1.82) is 0 Å². The third-order valence-electron chi connectivity index (χ3n) is 4.25. The van der Waals surface area contributed by atoms with E-state index in [1.807, 2.05) is 0 Å². The lowest BCUT2D eigenvalue weighted by Crippen LogP contribution is -2.29. The molecule has 0 amide bonds. The van der Waals surface area contributed by atoms with Gasteiger partial charge in [0.1, 0.15) is 6.10 Å². The second-order valence-electron chi connectivity index (χ2n) is 4.66. The molecule has 1 aliphatic heterocycles. The maximum absolute atomic E-state index is 9.87. The molecule has 2 heteroatoms. The molecule has 7 atom stereocenters. The van der Waals surface area contributed by atoms with E-state index in [9.17, 15) is 5.11 Å². The first-order valence-corrected chi connectivity index (χ1v) is 4.88. The summed E-state index contributed by atoms with van der Waals surface area (Å²) >= 11 is 0. The lowest BCUT2D eigenvalue weighted by molar-refractivity contribution is 0.0364. The van der Waals surface area contributed by atoms with Crippen molar-refractivity contribution in [3.05, 3.63) is 12.2 Å². The first-order valence-electron chi connectivity index (χ1n) is 4.88. The number of aliphatic hydroxyl groups is 1. The standard InChI is InChI=1S/C10H12O2/c11-8-6-4-1-2-5(3-4)7(6)9-10(8)12-9/h1-2,4-11H,3H2/t4-,5+,6?,7?,8+,9?,10?/m0/s1. The van der Waals surface area contributed by atoms with Gasteiger partial charge in [-0.3, -0.25) is 0 Å². The van der Waals surface area contributed by atoms with Crippen molar-refractivity contribution in [1.82, 2.24) is 0 Å². The Morgan fingerprint density at radius 3 is 2.58 bits per heavy atom. The van der Waals surface area contributed by atoms with Crippen molar-refractivity contribution in [3.8, 4) is 0 Å². The topological polar surface area (TPSA) is 32.8 Å². The number of fused-ring (bicyclic) bond motifs is 7. The van der Waals surface area contributed by atoms with Crippen molar-refractivity contribution in [2.75, 3.05) is 0 Å². The molecule has 0 spiro atoms. The van der Waals surface area contributed by atoms with Crippen LogP contribution in [0.4, 0.5) is 0 Å². The first kappa shape index (κ1) is 6.17. The van der Waals surface area contributed by atoms with Gasteiger partial charge >= 0.3 is 0 Å². The molecule has 0 aromatic heterocycles. The highest BCUT2D eigenvalue weighted by Gasteiger charge is 2.68. The van der Waals surface area contributed by atoms with Crippen LogP contribution in [0, 0.1) is 23.7 Å². The van der Waals surface area contributed by atoms with Gasteiger partial charge in [-0.05, 0) is 30.1 Å². The average Bonchev–Trinajstić information content (AvgIpc) is 2.49. The third-order valence-corrected chi connectivity index (χ3v) is 4.25. The van der Waals surface area contributed by atoms with Crippen LogP contribution in [0.3, 0.4) is 0 Å². The van der Waals surface area contributed by atoms with Crippen LogP contribution in [0.5, 0.6) is 0 Å². The summed E-state index contributed by atoms with van der Waals surface area (Å²) in [6.45, 7) is 0. The molecule has 0 radical (unpaired) electrons. The molecule has 2 saturated carbocycles. The Hall–Kier alpha value is -0.340. The molecule has 1 heterocycles. The summed E-state index contributed by atoms with van der Waals surface area (Å²) in [5.41, 5.74) is 0. The van der Waals surface area contributed by atoms with Gasteiger partial charge < -0.3 is 9.84 Å². The minimum atomic E-state index is -0.153. The van der Waals surface area contributed by atoms with Crippen LogP contribution < -0.4 is 0 Å². The molecular formula is C10H12O2. The smallest absolute Gasteiger partial charge is 0.111 e. The predicted molar refractivity (Wildman–Crippen MR) is 42.4 cm³/mol. The molecule has 4 aliphatic rings. The van der Waals surface area contributed by atoms with Crippen LogP contribution in [0.25, 0.3) is 0 Å². The Bertz CT molecular complexity index is 261. The molecule has 1 saturated heterocycles. The summed E-state index contributed by atoms with van der Waals surface area (Å²) in [4.78, 5) is 0. The number of epoxide rings is 1. The van der Waals surface area contributed by atoms with Gasteiger partial charge in [-0.1, -0.05) is 12.2 Å². The van der Waals surface area contributed by atoms with Gasteiger partial charge in [0.15, 0.2) is 0 Å². The zero-order valence-electron chi connectivity index (χ0n) is 6.76. The van der Waals surface area contributed by atoms with E-state index in [1.54, 1.807) is 0 Å². The molecular weight excluding hydrogens is 152 g/mol. The number of aliphatic hydroxyl groups excluding tert-OH is 1. The fraction of sp³-hybridized carbons (Fsp3) is 0.800. The second kappa shape index (κ2) is 1.64. The normalized spacial score (nSPS) is 69.9. The Morgan fingerprint density at radius 2 is 1.83 bits per heavy atom. The molecule has 4 rings (SSSR count). The molecule has 64 valence electrons. The van der Waals surface area contributed by atoms with Gasteiger partial charge in [0.2, 0.25) is 0 Å². The number of rotatable bonds is 0. The van der Waals surface area contributed by atoms with Crippen molar-refractivity contribution in [2.24, 2.45) is 23.7 Å². The van der Waals surface area contributed by atoms with E-state index in [0.29, 0.717) is 23.9 Å². The SMILES string of the molecule is O[C@H]1C2OC2C2C1[C@H]1C=C[C@@H]2C1. The lowest BCUT2D eigenvalue weighted by atomic mass is 9.84. The summed E-state index contributed by atoms with van der Waals surface area (Å²) in [5.74, 6) is 2.61. The molecule has 3 fully saturated rings. The number of hydrogen-bond acceptors (Lipinski definition) is 2. The molecule has 0 aromatic carbocycles. The Morgan fingerprint density at radius 1 is 1.08 bits per heavy atom. The monoisotopic (exact) mass is 164 g/mol. The Balaban J connectivity index is 1.81. The summed E-state index contributed by atoms with van der Waals surface area (Å²) in [6.07, 6.45) is 6.40. The molecule has 0 aromatic rings. The third kappa shape index (κ3) is 0.485. The number of hydrogen-bond donors (Lipinski definition) is 1. The molecule has 2 nitrogen and oxygen atoms in total. The summed E-state index contributed by atoms with van der Waals surface area (Å²) in [6, 6.07) is 0. The molecule has 3 aliphatic carbocycles. The van der Waals surface area contributed by atoms with Crippen LogP contribution >= 0.6 is 0 Å². The van der Waals surface area contributed by atoms with E-state index in [-0.39, 0.29) is 12.2 Å². The largest absolute Gasteiger partial charge is 0.390 e. The summed E-state index contributed by atoms with van der Waals surface area (Å²) in [7, 11) is 0. The van der Waals surface area contributed by atoms with Crippen molar-refractivity contribution in [2.45, 2.75) is 24.7 Å². The molecule has 4 unspecified atom stereocenters. The lowest BCUT2D eigenvalue weighted by Gasteiger charge is -2.25. The minimum Gasteiger partial charge on any atom is -0.390 e. The van der Waals surface area contributed by atoms with Crippen LogP contribution in [0.15, 0.2) is 12.2 Å². The maximum Gasteiger partial charge on any atom is 0.111 e. The Labute approximate surface area is 71.2 Å². The first-order chi connectivity index (χ1) is 5.86. The van der Waals surface area contributed by atoms with E-state index >= 15 is 0 Å². The zero-order valence-corrected chi connectivity index (χ0v) is 6.76. The minimum absolute atomic E-state index is 0.153. The number of ether oxygens (including phenoxy) is 1.